The molecule has 4 aliphatic rings. The Morgan fingerprint density at radius 3 is 2.69 bits per heavy atom. The van der Waals surface area contributed by atoms with Gasteiger partial charge in [-0.3, -0.25) is 14.7 Å². The third-order valence-corrected chi connectivity index (χ3v) is 7.82. The molecule has 0 bridgehead atoms. The lowest BCUT2D eigenvalue weighted by Crippen LogP contribution is -2.44. The number of piperidine rings is 1. The second kappa shape index (κ2) is 9.28. The maximum atomic E-state index is 12.8. The Hall–Kier alpha value is -2.91. The highest BCUT2D eigenvalue weighted by molar-refractivity contribution is 5.95. The van der Waals surface area contributed by atoms with Gasteiger partial charge in [0, 0.05) is 56.7 Å². The number of H-pyrrole nitrogens is 1. The Bertz CT molecular complexity index is 1160. The number of nitrogens with zero attached hydrogens (tertiary/aromatic N) is 3. The van der Waals surface area contributed by atoms with Crippen LogP contribution in [-0.4, -0.2) is 73.4 Å². The van der Waals surface area contributed by atoms with Crippen LogP contribution in [0.1, 0.15) is 52.9 Å². The number of rotatable bonds is 5. The number of anilines is 1. The quantitative estimate of drug-likeness (QED) is 0.650. The predicted molar refractivity (Wildman–Crippen MR) is 129 cm³/mol. The minimum Gasteiger partial charge on any atom is -0.492 e. The Kier molecular flexibility index (Phi) is 5.98. The molecular formula is C26H32N4O5. The summed E-state index contributed by atoms with van der Waals surface area (Å²) in [4.78, 5) is 37.6. The molecule has 35 heavy (non-hydrogen) atoms. The highest BCUT2D eigenvalue weighted by atomic mass is 16.6. The van der Waals surface area contributed by atoms with Crippen LogP contribution in [0.25, 0.3) is 0 Å². The van der Waals surface area contributed by atoms with Gasteiger partial charge in [-0.15, -0.1) is 0 Å². The number of ether oxygens (including phenoxy) is 3. The number of hydrogen-bond acceptors (Lipinski definition) is 8. The molecule has 4 heterocycles. The fraction of sp³-hybridized carbons (Fsp3) is 0.577. The number of hydrogen-bond donors (Lipinski definition) is 1. The lowest BCUT2D eigenvalue weighted by atomic mass is 9.84. The Balaban J connectivity index is 1.12. The summed E-state index contributed by atoms with van der Waals surface area (Å²) in [5.41, 5.74) is 2.69. The lowest BCUT2D eigenvalue weighted by molar-refractivity contribution is -0.0211. The van der Waals surface area contributed by atoms with Crippen LogP contribution >= 0.6 is 0 Å². The van der Waals surface area contributed by atoms with Crippen LogP contribution in [0.2, 0.25) is 0 Å². The maximum absolute atomic E-state index is 12.8. The first-order valence-corrected chi connectivity index (χ1v) is 12.8. The van der Waals surface area contributed by atoms with E-state index in [0.717, 1.165) is 75.4 Å². The van der Waals surface area contributed by atoms with E-state index < -0.39 is 5.60 Å². The van der Waals surface area contributed by atoms with E-state index in [2.05, 4.69) is 14.8 Å². The molecular weight excluding hydrogens is 448 g/mol. The van der Waals surface area contributed by atoms with Gasteiger partial charge < -0.3 is 19.1 Å². The summed E-state index contributed by atoms with van der Waals surface area (Å²) in [6.07, 6.45) is 5.12. The number of carbonyl (C=O) groups excluding carboxylic acids is 1. The first kappa shape index (κ1) is 22.5. The predicted octanol–water partition coefficient (Wildman–Crippen LogP) is 2.03. The highest BCUT2D eigenvalue weighted by Gasteiger charge is 2.47. The molecule has 0 atom stereocenters. The summed E-state index contributed by atoms with van der Waals surface area (Å²) >= 11 is 0. The Morgan fingerprint density at radius 1 is 1.06 bits per heavy atom. The standard InChI is InChI=1S/C26H32N4O5/c31-23-19-3-1-2-4-22(19)27-25(28-23)30-9-7-26(8-10-30)21-6-5-18(17-20(21)24(32)35-26)34-16-13-29-11-14-33-15-12-29/h5-6,17H,1-4,7-16H2,(H,27,28,31). The van der Waals surface area contributed by atoms with Gasteiger partial charge in [-0.1, -0.05) is 6.07 Å². The van der Waals surface area contributed by atoms with Gasteiger partial charge in [-0.2, -0.15) is 0 Å². The number of nitrogens with one attached hydrogen (secondary N) is 1. The summed E-state index contributed by atoms with van der Waals surface area (Å²) in [7, 11) is 0. The van der Waals surface area contributed by atoms with Crippen molar-refractivity contribution in [1.82, 2.24) is 14.9 Å². The van der Waals surface area contributed by atoms with Crippen LogP contribution in [-0.2, 0) is 27.9 Å². The number of aryl methyl sites for hydroxylation is 1. The molecule has 1 N–H and O–H groups in total. The van der Waals surface area contributed by atoms with Gasteiger partial charge in [0.1, 0.15) is 18.0 Å². The molecule has 3 aliphatic heterocycles. The third kappa shape index (κ3) is 4.31. The topological polar surface area (TPSA) is 97.0 Å². The number of aromatic amines is 1. The summed E-state index contributed by atoms with van der Waals surface area (Å²) < 4.78 is 17.3. The Morgan fingerprint density at radius 2 is 1.86 bits per heavy atom. The molecule has 1 aromatic carbocycles. The SMILES string of the molecule is O=C1OC2(CCN(c3nc4c(c(=O)[nH]3)CCCC4)CC2)c2ccc(OCCN3CCOCC3)cc21. The number of esters is 1. The van der Waals surface area contributed by atoms with Crippen LogP contribution in [0.15, 0.2) is 23.0 Å². The number of carbonyl (C=O) groups is 1. The fourth-order valence-electron chi connectivity index (χ4n) is 5.78. The van der Waals surface area contributed by atoms with Crippen LogP contribution in [0, 0.1) is 0 Å². The van der Waals surface area contributed by atoms with Crippen molar-refractivity contribution < 1.29 is 19.0 Å². The average molecular weight is 481 g/mol. The molecule has 2 saturated heterocycles. The second-order valence-corrected chi connectivity index (χ2v) is 9.90. The van der Waals surface area contributed by atoms with E-state index in [0.29, 0.717) is 49.8 Å². The van der Waals surface area contributed by atoms with Crippen LogP contribution < -0.4 is 15.2 Å². The van der Waals surface area contributed by atoms with Gasteiger partial charge >= 0.3 is 5.97 Å². The van der Waals surface area contributed by atoms with E-state index in [9.17, 15) is 9.59 Å². The molecule has 1 aromatic heterocycles. The molecule has 186 valence electrons. The van der Waals surface area contributed by atoms with Gasteiger partial charge in [0.05, 0.1) is 24.5 Å². The zero-order chi connectivity index (χ0) is 23.8. The van der Waals surface area contributed by atoms with Crippen LogP contribution in [0.3, 0.4) is 0 Å². The first-order chi connectivity index (χ1) is 17.1. The zero-order valence-corrected chi connectivity index (χ0v) is 20.0. The molecule has 0 amide bonds. The largest absolute Gasteiger partial charge is 0.492 e. The summed E-state index contributed by atoms with van der Waals surface area (Å²) in [6.45, 7) is 6.11. The van der Waals surface area contributed by atoms with E-state index in [1.807, 2.05) is 18.2 Å². The molecule has 1 aliphatic carbocycles. The molecule has 0 radical (unpaired) electrons. The smallest absolute Gasteiger partial charge is 0.339 e. The van der Waals surface area contributed by atoms with Crippen molar-refractivity contribution in [3.63, 3.8) is 0 Å². The van der Waals surface area contributed by atoms with Crippen molar-refractivity contribution in [3.05, 3.63) is 50.9 Å². The van der Waals surface area contributed by atoms with Crippen LogP contribution in [0.5, 0.6) is 5.75 Å². The molecule has 2 fully saturated rings. The molecule has 1 spiro atoms. The first-order valence-electron chi connectivity index (χ1n) is 12.8. The highest BCUT2D eigenvalue weighted by Crippen LogP contribution is 2.45. The van der Waals surface area contributed by atoms with Gasteiger partial charge in [0.25, 0.3) is 5.56 Å². The monoisotopic (exact) mass is 480 g/mol. The van der Waals surface area contributed by atoms with Crippen molar-refractivity contribution in [2.24, 2.45) is 0 Å². The van der Waals surface area contributed by atoms with E-state index in [-0.39, 0.29) is 11.5 Å². The summed E-state index contributed by atoms with van der Waals surface area (Å²) in [5, 5.41) is 0. The van der Waals surface area contributed by atoms with E-state index >= 15 is 0 Å². The number of aromatic nitrogens is 2. The van der Waals surface area contributed by atoms with E-state index in [4.69, 9.17) is 19.2 Å². The molecule has 0 saturated carbocycles. The van der Waals surface area contributed by atoms with E-state index in [1.165, 1.54) is 0 Å². The van der Waals surface area contributed by atoms with Gasteiger partial charge in [-0.05, 0) is 37.8 Å². The van der Waals surface area contributed by atoms with Crippen LogP contribution in [0.4, 0.5) is 5.95 Å². The van der Waals surface area contributed by atoms with Crippen molar-refractivity contribution >= 4 is 11.9 Å². The number of fused-ring (bicyclic) bond motifs is 3. The van der Waals surface area contributed by atoms with Gasteiger partial charge in [-0.25, -0.2) is 9.78 Å². The average Bonchev–Trinajstić information content (AvgIpc) is 3.15. The molecule has 9 nitrogen and oxygen atoms in total. The van der Waals surface area contributed by atoms with Crippen molar-refractivity contribution in [3.8, 4) is 5.75 Å². The van der Waals surface area contributed by atoms with Crippen molar-refractivity contribution in [2.45, 2.75) is 44.1 Å². The minimum atomic E-state index is -0.621. The van der Waals surface area contributed by atoms with Crippen molar-refractivity contribution in [2.75, 3.05) is 57.4 Å². The van der Waals surface area contributed by atoms with E-state index in [1.54, 1.807) is 0 Å². The zero-order valence-electron chi connectivity index (χ0n) is 20.0. The van der Waals surface area contributed by atoms with Gasteiger partial charge in [0.15, 0.2) is 0 Å². The Labute approximate surface area is 204 Å². The number of benzene rings is 1. The maximum Gasteiger partial charge on any atom is 0.339 e. The summed E-state index contributed by atoms with van der Waals surface area (Å²) in [5.74, 6) is 1.05. The summed E-state index contributed by atoms with van der Waals surface area (Å²) in [6, 6.07) is 5.75. The number of morpholine rings is 1. The molecule has 6 rings (SSSR count). The minimum absolute atomic E-state index is 0.0104. The lowest BCUT2D eigenvalue weighted by Gasteiger charge is -2.39. The molecule has 2 aromatic rings. The van der Waals surface area contributed by atoms with Gasteiger partial charge in [0.2, 0.25) is 5.95 Å². The fourth-order valence-corrected chi connectivity index (χ4v) is 5.78. The normalized spacial score (nSPS) is 21.5. The molecule has 9 heteroatoms. The van der Waals surface area contributed by atoms with Crippen molar-refractivity contribution in [1.29, 1.82) is 0 Å². The third-order valence-electron chi connectivity index (χ3n) is 7.82. The second-order valence-electron chi connectivity index (χ2n) is 9.90. The molecule has 0 unspecified atom stereocenters.